The van der Waals surface area contributed by atoms with Crippen molar-refractivity contribution in [3.63, 3.8) is 0 Å². The van der Waals surface area contributed by atoms with E-state index in [9.17, 15) is 0 Å². The highest BCUT2D eigenvalue weighted by Crippen LogP contribution is 2.37. The smallest absolute Gasteiger partial charge is 0.250 e. The summed E-state index contributed by atoms with van der Waals surface area (Å²) in [5.74, 6) is 0.883. The Kier molecular flexibility index (Phi) is 3.62. The van der Waals surface area contributed by atoms with E-state index in [4.69, 9.17) is 16.0 Å². The number of hydrogen-bond donors (Lipinski definition) is 0. The summed E-state index contributed by atoms with van der Waals surface area (Å²) in [6.45, 7) is 11.2. The Morgan fingerprint density at radius 2 is 1.74 bits per heavy atom. The first-order chi connectivity index (χ1) is 8.69. The zero-order valence-corrected chi connectivity index (χ0v) is 13.9. The number of nitrogens with zero attached hydrogens (tertiary/aromatic N) is 1. The van der Waals surface area contributed by atoms with E-state index in [2.05, 4.69) is 38.8 Å². The lowest BCUT2D eigenvalue weighted by atomic mass is 10.2. The molecule has 0 N–H and O–H groups in total. The summed E-state index contributed by atoms with van der Waals surface area (Å²) in [6, 6.07) is 9.79. The number of aromatic nitrogens is 1. The van der Waals surface area contributed by atoms with Crippen molar-refractivity contribution in [2.75, 3.05) is 0 Å². The minimum absolute atomic E-state index is 0.184. The second-order valence-electron chi connectivity index (χ2n) is 6.35. The van der Waals surface area contributed by atoms with Crippen LogP contribution in [0.1, 0.15) is 20.8 Å². The topological polar surface area (TPSA) is 22.1 Å². The molecular weight excluding hydrogens is 274 g/mol. The van der Waals surface area contributed by atoms with E-state index in [0.717, 1.165) is 16.7 Å². The number of benzene rings is 1. The fraction of sp³-hybridized carbons (Fsp3) is 0.400. The highest BCUT2D eigenvalue weighted by molar-refractivity contribution is 6.74. The molecule has 0 aliphatic heterocycles. The van der Waals surface area contributed by atoms with E-state index >= 15 is 0 Å². The van der Waals surface area contributed by atoms with Gasteiger partial charge in [-0.3, -0.25) is 0 Å². The molecule has 1 aromatic carbocycles. The van der Waals surface area contributed by atoms with Gasteiger partial charge in [0.2, 0.25) is 8.32 Å². The molecule has 2 nitrogen and oxygen atoms in total. The second kappa shape index (κ2) is 4.80. The molecule has 0 unspecified atom stereocenters. The molecule has 0 saturated heterocycles. The molecule has 0 fully saturated rings. The first kappa shape index (κ1) is 14.3. The molecule has 4 heteroatoms. The van der Waals surface area contributed by atoms with E-state index in [1.54, 1.807) is 6.07 Å². The molecule has 0 aliphatic carbocycles. The monoisotopic (exact) mass is 293 g/mol. The standard InChI is InChI=1S/C15H20ClNOSi/c1-15(2,3)19(4,5)18-12-8-6-11-7-9-14(16)17-13(11)10-12/h6-10H,1-5H3. The molecule has 2 aromatic rings. The van der Waals surface area contributed by atoms with E-state index in [-0.39, 0.29) is 5.04 Å². The normalized spacial score (nSPS) is 12.7. The van der Waals surface area contributed by atoms with Gasteiger partial charge in [0.1, 0.15) is 10.9 Å². The molecular formula is C15H20ClNOSi. The number of rotatable bonds is 2. The van der Waals surface area contributed by atoms with Crippen molar-refractivity contribution in [3.05, 3.63) is 35.5 Å². The van der Waals surface area contributed by atoms with Crippen molar-refractivity contribution >= 4 is 30.8 Å². The van der Waals surface area contributed by atoms with Gasteiger partial charge in [0.05, 0.1) is 5.52 Å². The zero-order chi connectivity index (χ0) is 14.3. The van der Waals surface area contributed by atoms with Gasteiger partial charge in [0.15, 0.2) is 0 Å². The minimum atomic E-state index is -1.81. The molecule has 1 aromatic heterocycles. The summed E-state index contributed by atoms with van der Waals surface area (Å²) >= 11 is 5.93. The third-order valence-corrected chi connectivity index (χ3v) is 8.38. The molecule has 19 heavy (non-hydrogen) atoms. The molecule has 0 amide bonds. The fourth-order valence-electron chi connectivity index (χ4n) is 1.58. The van der Waals surface area contributed by atoms with Crippen molar-refractivity contribution < 1.29 is 4.43 Å². The summed E-state index contributed by atoms with van der Waals surface area (Å²) in [7, 11) is -1.81. The molecule has 1 heterocycles. The maximum absolute atomic E-state index is 6.27. The Labute approximate surface area is 120 Å². The Hall–Kier alpha value is -1.06. The van der Waals surface area contributed by atoms with Crippen molar-refractivity contribution in [1.29, 1.82) is 0 Å². The summed E-state index contributed by atoms with van der Waals surface area (Å²) in [6.07, 6.45) is 0. The minimum Gasteiger partial charge on any atom is -0.543 e. The lowest BCUT2D eigenvalue weighted by Gasteiger charge is -2.36. The van der Waals surface area contributed by atoms with Crippen molar-refractivity contribution in [3.8, 4) is 5.75 Å². The second-order valence-corrected chi connectivity index (χ2v) is 11.5. The fourth-order valence-corrected chi connectivity index (χ4v) is 2.76. The largest absolute Gasteiger partial charge is 0.543 e. The molecule has 0 bridgehead atoms. The highest BCUT2D eigenvalue weighted by atomic mass is 35.5. The molecule has 0 atom stereocenters. The zero-order valence-electron chi connectivity index (χ0n) is 12.1. The predicted octanol–water partition coefficient (Wildman–Crippen LogP) is 5.27. The van der Waals surface area contributed by atoms with Crippen LogP contribution in [0.5, 0.6) is 5.75 Å². The Morgan fingerprint density at radius 3 is 2.37 bits per heavy atom. The van der Waals surface area contributed by atoms with E-state index < -0.39 is 8.32 Å². The average Bonchev–Trinajstić information content (AvgIpc) is 2.26. The van der Waals surface area contributed by atoms with Crippen LogP contribution in [0.25, 0.3) is 10.9 Å². The van der Waals surface area contributed by atoms with Gasteiger partial charge >= 0.3 is 0 Å². The summed E-state index contributed by atoms with van der Waals surface area (Å²) < 4.78 is 6.27. The van der Waals surface area contributed by atoms with Gasteiger partial charge in [-0.15, -0.1) is 0 Å². The Balaban J connectivity index is 2.36. The Morgan fingerprint density at radius 1 is 1.11 bits per heavy atom. The van der Waals surface area contributed by atoms with Gasteiger partial charge in [-0.2, -0.15) is 0 Å². The Bertz CT molecular complexity index is 605. The van der Waals surface area contributed by atoms with Gasteiger partial charge in [-0.05, 0) is 42.4 Å². The molecule has 2 rings (SSSR count). The summed E-state index contributed by atoms with van der Waals surface area (Å²) in [5, 5.41) is 1.77. The quantitative estimate of drug-likeness (QED) is 0.556. The van der Waals surface area contributed by atoms with Crippen molar-refractivity contribution in [1.82, 2.24) is 4.98 Å². The third kappa shape index (κ3) is 3.10. The molecule has 102 valence electrons. The first-order valence-electron chi connectivity index (χ1n) is 6.44. The lowest BCUT2D eigenvalue weighted by molar-refractivity contribution is 0.492. The molecule has 0 aliphatic rings. The maximum Gasteiger partial charge on any atom is 0.250 e. The van der Waals surface area contributed by atoms with Crippen LogP contribution < -0.4 is 4.43 Å². The number of hydrogen-bond acceptors (Lipinski definition) is 2. The van der Waals surface area contributed by atoms with Gasteiger partial charge in [0.25, 0.3) is 0 Å². The molecule has 0 radical (unpaired) electrons. The van der Waals surface area contributed by atoms with Crippen LogP contribution in [-0.4, -0.2) is 13.3 Å². The van der Waals surface area contributed by atoms with E-state index in [1.165, 1.54) is 0 Å². The van der Waals surface area contributed by atoms with E-state index in [0.29, 0.717) is 5.15 Å². The lowest BCUT2D eigenvalue weighted by Crippen LogP contribution is -2.43. The number of pyridine rings is 1. The van der Waals surface area contributed by atoms with Crippen LogP contribution in [0, 0.1) is 0 Å². The predicted molar refractivity (Wildman–Crippen MR) is 84.6 cm³/mol. The van der Waals surface area contributed by atoms with Crippen molar-refractivity contribution in [2.45, 2.75) is 38.9 Å². The van der Waals surface area contributed by atoms with Crippen molar-refractivity contribution in [2.24, 2.45) is 0 Å². The van der Waals surface area contributed by atoms with Crippen LogP contribution in [0.3, 0.4) is 0 Å². The number of halogens is 1. The average molecular weight is 294 g/mol. The molecule has 0 saturated carbocycles. The van der Waals surface area contributed by atoms with Crippen LogP contribution in [0.4, 0.5) is 0 Å². The SMILES string of the molecule is CC(C)(C)[Si](C)(C)Oc1ccc2ccc(Cl)nc2c1. The summed E-state index contributed by atoms with van der Waals surface area (Å²) in [4.78, 5) is 4.33. The van der Waals surface area contributed by atoms with Gasteiger partial charge in [0, 0.05) is 11.5 Å². The van der Waals surface area contributed by atoms with Crippen LogP contribution in [0.15, 0.2) is 30.3 Å². The molecule has 0 spiro atoms. The third-order valence-electron chi connectivity index (χ3n) is 3.81. The van der Waals surface area contributed by atoms with Gasteiger partial charge in [-0.25, -0.2) is 4.98 Å². The summed E-state index contributed by atoms with van der Waals surface area (Å²) in [5.41, 5.74) is 0.878. The number of fused-ring (bicyclic) bond motifs is 1. The highest BCUT2D eigenvalue weighted by Gasteiger charge is 2.38. The van der Waals surface area contributed by atoms with Crippen LogP contribution in [0.2, 0.25) is 23.3 Å². The van der Waals surface area contributed by atoms with Gasteiger partial charge < -0.3 is 4.43 Å². The van der Waals surface area contributed by atoms with Crippen LogP contribution >= 0.6 is 11.6 Å². The van der Waals surface area contributed by atoms with E-state index in [1.807, 2.05) is 24.3 Å². The van der Waals surface area contributed by atoms with Crippen LogP contribution in [-0.2, 0) is 0 Å². The first-order valence-corrected chi connectivity index (χ1v) is 9.73. The maximum atomic E-state index is 6.27. The van der Waals surface area contributed by atoms with Gasteiger partial charge in [-0.1, -0.05) is 32.4 Å².